The fourth-order valence-electron chi connectivity index (χ4n) is 2.38. The quantitative estimate of drug-likeness (QED) is 0.261. The Balaban J connectivity index is 1.87. The van der Waals surface area contributed by atoms with Crippen LogP contribution in [0, 0.1) is 0 Å². The average Bonchev–Trinajstić information content (AvgIpc) is 2.99. The van der Waals surface area contributed by atoms with Gasteiger partial charge in [0.15, 0.2) is 5.69 Å². The van der Waals surface area contributed by atoms with E-state index in [2.05, 4.69) is 19.7 Å². The Bertz CT molecular complexity index is 1300. The lowest BCUT2D eigenvalue weighted by atomic mass is 10.2. The van der Waals surface area contributed by atoms with Crippen molar-refractivity contribution in [3.05, 3.63) is 70.5 Å². The molecule has 0 aliphatic carbocycles. The van der Waals surface area contributed by atoms with Gasteiger partial charge in [0, 0.05) is 5.56 Å². The Morgan fingerprint density at radius 1 is 0.967 bits per heavy atom. The van der Waals surface area contributed by atoms with Gasteiger partial charge in [-0.25, -0.2) is 0 Å². The second kappa shape index (κ2) is 8.00. The van der Waals surface area contributed by atoms with E-state index in [1.54, 1.807) is 30.3 Å². The Hall–Kier alpha value is -4.26. The van der Waals surface area contributed by atoms with Crippen molar-refractivity contribution >= 4 is 39.1 Å². The number of nitrogen functional groups attached to an aromatic ring is 1. The Labute approximate surface area is 169 Å². The maximum atomic E-state index is 12.5. The predicted octanol–water partition coefficient (Wildman–Crippen LogP) is 0.825. The highest BCUT2D eigenvalue weighted by atomic mass is 32.2. The first-order chi connectivity index (χ1) is 14.2. The van der Waals surface area contributed by atoms with Crippen LogP contribution in [0.2, 0.25) is 0 Å². The number of benzene rings is 2. The molecule has 3 aromatic rings. The first-order valence-electron chi connectivity index (χ1n) is 8.27. The fourth-order valence-corrected chi connectivity index (χ4v) is 3.24. The molecule has 0 radical (unpaired) electrons. The molecule has 30 heavy (non-hydrogen) atoms. The number of H-pyrrole nitrogens is 1. The molecule has 13 heteroatoms. The number of nitrogens with two attached hydrogens (primary N) is 3. The molecule has 0 bridgehead atoms. The molecule has 3 rings (SSSR count). The van der Waals surface area contributed by atoms with Gasteiger partial charge in [-0.2, -0.15) is 18.2 Å². The van der Waals surface area contributed by atoms with Crippen LogP contribution in [0.4, 0.5) is 17.2 Å². The third-order valence-corrected chi connectivity index (χ3v) is 5.06. The third kappa shape index (κ3) is 4.25. The topological polar surface area (TPSA) is 204 Å². The van der Waals surface area contributed by atoms with Gasteiger partial charge < -0.3 is 17.2 Å². The van der Waals surface area contributed by atoms with Crippen molar-refractivity contribution in [1.29, 1.82) is 0 Å². The highest BCUT2D eigenvalue weighted by Gasteiger charge is 2.18. The Kier molecular flexibility index (Phi) is 5.46. The molecule has 2 aromatic carbocycles. The molecule has 1 heterocycles. The fraction of sp³-hybridized carbons (Fsp3) is 0. The molecule has 154 valence electrons. The summed E-state index contributed by atoms with van der Waals surface area (Å²) >= 11 is 0. The maximum absolute atomic E-state index is 12.5. The molecule has 0 saturated carbocycles. The van der Waals surface area contributed by atoms with Crippen molar-refractivity contribution in [1.82, 2.24) is 9.78 Å². The number of aromatic nitrogens is 2. The molecule has 1 aromatic heterocycles. The minimum Gasteiger partial charge on any atom is -0.382 e. The minimum atomic E-state index is -4.04. The smallest absolute Gasteiger partial charge is 0.304 e. The number of nitrogens with one attached hydrogen (secondary N) is 1. The minimum absolute atomic E-state index is 0.153. The van der Waals surface area contributed by atoms with Crippen LogP contribution in [0.15, 0.2) is 78.9 Å². The number of carbonyl (C=O) groups excluding carboxylic acids is 1. The molecule has 0 aliphatic rings. The van der Waals surface area contributed by atoms with Crippen molar-refractivity contribution in [3.63, 3.8) is 0 Å². The maximum Gasteiger partial charge on any atom is 0.304 e. The summed E-state index contributed by atoms with van der Waals surface area (Å²) in [6.45, 7) is 0. The zero-order chi connectivity index (χ0) is 21.9. The van der Waals surface area contributed by atoms with Crippen LogP contribution in [-0.4, -0.2) is 30.1 Å². The van der Waals surface area contributed by atoms with Gasteiger partial charge in [-0.05, 0) is 36.4 Å². The lowest BCUT2D eigenvalue weighted by molar-refractivity contribution is 0.0941. The van der Waals surface area contributed by atoms with Gasteiger partial charge in [-0.3, -0.25) is 14.7 Å². The van der Waals surface area contributed by atoms with Gasteiger partial charge in [-0.15, -0.1) is 9.51 Å². The van der Waals surface area contributed by atoms with E-state index in [9.17, 15) is 18.0 Å². The summed E-state index contributed by atoms with van der Waals surface area (Å²) in [6, 6.07) is 13.2. The first-order valence-corrected chi connectivity index (χ1v) is 9.71. The molecule has 0 aliphatic heterocycles. The van der Waals surface area contributed by atoms with E-state index in [4.69, 9.17) is 17.2 Å². The van der Waals surface area contributed by atoms with E-state index < -0.39 is 27.4 Å². The average molecular weight is 428 g/mol. The first kappa shape index (κ1) is 20.5. The number of aromatic amines is 1. The SMILES string of the molecule is NC(N)=NS(=O)(=O)c1ccc(N=Nc2c(N)[nH]n(C(=O)c3ccccc3)c2=O)cc1. The molecular formula is C17H16N8O4S. The summed E-state index contributed by atoms with van der Waals surface area (Å²) in [6.07, 6.45) is 0. The molecule has 12 nitrogen and oxygen atoms in total. The number of hydrogen-bond acceptors (Lipinski definition) is 7. The summed E-state index contributed by atoms with van der Waals surface area (Å²) < 4.78 is 27.7. The number of hydrogen-bond donors (Lipinski definition) is 4. The predicted molar refractivity (Wildman–Crippen MR) is 109 cm³/mol. The second-order valence-electron chi connectivity index (χ2n) is 5.87. The standard InChI is InChI=1S/C17H16N8O4S/c18-14-13(16(27)25(23-14)15(26)10-4-2-1-3-5-10)22-21-11-6-8-12(9-7-11)30(28,29)24-17(19)20/h1-9,23H,18H2,(H4,19,20,24). The summed E-state index contributed by atoms with van der Waals surface area (Å²) in [5.41, 5.74) is 15.4. The molecule has 7 N–H and O–H groups in total. The molecule has 0 amide bonds. The monoisotopic (exact) mass is 428 g/mol. The van der Waals surface area contributed by atoms with E-state index >= 15 is 0 Å². The number of anilines is 1. The molecular weight excluding hydrogens is 412 g/mol. The van der Waals surface area contributed by atoms with Gasteiger partial charge in [0.1, 0.15) is 5.82 Å². The van der Waals surface area contributed by atoms with Gasteiger partial charge >= 0.3 is 5.56 Å². The molecule has 0 fully saturated rings. The Morgan fingerprint density at radius 2 is 1.60 bits per heavy atom. The number of carbonyl (C=O) groups is 1. The highest BCUT2D eigenvalue weighted by molar-refractivity contribution is 7.90. The zero-order valence-electron chi connectivity index (χ0n) is 15.3. The van der Waals surface area contributed by atoms with Gasteiger partial charge in [0.2, 0.25) is 5.96 Å². The van der Waals surface area contributed by atoms with Crippen LogP contribution in [0.1, 0.15) is 10.4 Å². The number of azo groups is 1. The summed E-state index contributed by atoms with van der Waals surface area (Å²) in [4.78, 5) is 24.7. The van der Waals surface area contributed by atoms with E-state index in [1.165, 1.54) is 24.3 Å². The van der Waals surface area contributed by atoms with Crippen LogP contribution in [0.5, 0.6) is 0 Å². The van der Waals surface area contributed by atoms with Gasteiger partial charge in [-0.1, -0.05) is 18.2 Å². The lowest BCUT2D eigenvalue weighted by Gasteiger charge is -1.99. The van der Waals surface area contributed by atoms with Crippen LogP contribution >= 0.6 is 0 Å². The summed E-state index contributed by atoms with van der Waals surface area (Å²) in [7, 11) is -4.04. The van der Waals surface area contributed by atoms with Gasteiger partial charge in [0.05, 0.1) is 10.6 Å². The number of sulfonamides is 1. The largest absolute Gasteiger partial charge is 0.382 e. The highest BCUT2D eigenvalue weighted by Crippen LogP contribution is 2.22. The van der Waals surface area contributed by atoms with E-state index in [0.29, 0.717) is 0 Å². The lowest BCUT2D eigenvalue weighted by Crippen LogP contribution is -2.25. The number of rotatable bonds is 5. The van der Waals surface area contributed by atoms with Crippen molar-refractivity contribution < 1.29 is 13.2 Å². The zero-order valence-corrected chi connectivity index (χ0v) is 16.1. The van der Waals surface area contributed by atoms with Crippen LogP contribution in [0.25, 0.3) is 0 Å². The Morgan fingerprint density at radius 3 is 2.20 bits per heavy atom. The second-order valence-corrected chi connectivity index (χ2v) is 7.48. The van der Waals surface area contributed by atoms with Crippen LogP contribution in [0.3, 0.4) is 0 Å². The molecule has 0 spiro atoms. The van der Waals surface area contributed by atoms with Crippen molar-refractivity contribution in [2.75, 3.05) is 5.73 Å². The van der Waals surface area contributed by atoms with Crippen LogP contribution in [-0.2, 0) is 10.0 Å². The molecule has 0 saturated heterocycles. The van der Waals surface area contributed by atoms with E-state index in [-0.39, 0.29) is 27.7 Å². The third-order valence-electron chi connectivity index (χ3n) is 3.74. The molecule has 0 atom stereocenters. The summed E-state index contributed by atoms with van der Waals surface area (Å²) in [5.74, 6) is -1.36. The normalized spacial score (nSPS) is 11.5. The van der Waals surface area contributed by atoms with Gasteiger partial charge in [0.25, 0.3) is 15.9 Å². The van der Waals surface area contributed by atoms with Crippen molar-refractivity contribution in [2.24, 2.45) is 26.1 Å². The number of nitrogens with zero attached hydrogens (tertiary/aromatic N) is 4. The van der Waals surface area contributed by atoms with Crippen LogP contribution < -0.4 is 22.8 Å². The van der Waals surface area contributed by atoms with E-state index in [0.717, 1.165) is 4.68 Å². The summed E-state index contributed by atoms with van der Waals surface area (Å²) in [5, 5.41) is 10.1. The van der Waals surface area contributed by atoms with Crippen molar-refractivity contribution in [3.8, 4) is 0 Å². The van der Waals surface area contributed by atoms with Crippen molar-refractivity contribution in [2.45, 2.75) is 4.90 Å². The van der Waals surface area contributed by atoms with E-state index in [1.807, 2.05) is 0 Å². The number of guanidine groups is 1. The molecule has 0 unspecified atom stereocenters.